The van der Waals surface area contributed by atoms with Gasteiger partial charge in [-0.25, -0.2) is 0 Å². The third kappa shape index (κ3) is 5.01. The molecule has 2 aromatic carbocycles. The van der Waals surface area contributed by atoms with Crippen LogP contribution in [0.15, 0.2) is 47.4 Å². The maximum absolute atomic E-state index is 12.2. The van der Waals surface area contributed by atoms with Crippen LogP contribution in [-0.2, 0) is 6.54 Å². The van der Waals surface area contributed by atoms with Gasteiger partial charge in [-0.2, -0.15) is 13.2 Å². The van der Waals surface area contributed by atoms with Gasteiger partial charge in [0.2, 0.25) is 0 Å². The Hall–Kier alpha value is -1.62. The lowest BCUT2D eigenvalue weighted by Gasteiger charge is -2.10. The van der Waals surface area contributed by atoms with Gasteiger partial charge in [0.1, 0.15) is 0 Å². The first-order chi connectivity index (χ1) is 9.83. The van der Waals surface area contributed by atoms with Gasteiger partial charge in [-0.1, -0.05) is 18.2 Å². The lowest BCUT2D eigenvalue weighted by molar-refractivity contribution is -0.0328. The van der Waals surface area contributed by atoms with E-state index in [4.69, 9.17) is 0 Å². The summed E-state index contributed by atoms with van der Waals surface area (Å²) in [7, 11) is 0. The molecule has 0 aliphatic rings. The molecule has 0 spiro atoms. The lowest BCUT2D eigenvalue weighted by Crippen LogP contribution is -2.01. The molecule has 21 heavy (non-hydrogen) atoms. The minimum Gasteiger partial charge on any atom is -0.381 e. The fraction of sp³-hybridized carbons (Fsp3) is 0.250. The molecule has 0 bridgehead atoms. The molecule has 2 aromatic rings. The predicted molar refractivity (Wildman–Crippen MR) is 81.6 cm³/mol. The third-order valence-corrected chi connectivity index (χ3v) is 3.90. The van der Waals surface area contributed by atoms with E-state index in [9.17, 15) is 13.2 Å². The first kappa shape index (κ1) is 15.8. The molecular formula is C16H16F3NS. The molecular weight excluding hydrogens is 295 g/mol. The summed E-state index contributed by atoms with van der Waals surface area (Å²) in [5.74, 6) is 0. The normalized spacial score (nSPS) is 11.5. The van der Waals surface area contributed by atoms with Crippen LogP contribution in [0.2, 0.25) is 0 Å². The smallest absolute Gasteiger partial charge is 0.381 e. The summed E-state index contributed by atoms with van der Waals surface area (Å²) in [6.45, 7) is 4.68. The second-order valence-corrected chi connectivity index (χ2v) is 5.98. The van der Waals surface area contributed by atoms with Gasteiger partial charge in [-0.15, -0.1) is 0 Å². The van der Waals surface area contributed by atoms with E-state index >= 15 is 0 Å². The zero-order valence-electron chi connectivity index (χ0n) is 11.8. The highest BCUT2D eigenvalue weighted by molar-refractivity contribution is 8.00. The van der Waals surface area contributed by atoms with E-state index in [-0.39, 0.29) is 16.7 Å². The van der Waals surface area contributed by atoms with Crippen molar-refractivity contribution in [2.75, 3.05) is 5.32 Å². The molecule has 0 aromatic heterocycles. The number of halogens is 3. The Morgan fingerprint density at radius 2 is 1.62 bits per heavy atom. The van der Waals surface area contributed by atoms with E-state index < -0.39 is 5.51 Å². The number of aryl methyl sites for hydroxylation is 2. The summed E-state index contributed by atoms with van der Waals surface area (Å²) >= 11 is -0.0929. The molecule has 0 aliphatic carbocycles. The quantitative estimate of drug-likeness (QED) is 0.745. The highest BCUT2D eigenvalue weighted by atomic mass is 32.2. The molecule has 0 atom stereocenters. The van der Waals surface area contributed by atoms with Crippen LogP contribution < -0.4 is 5.32 Å². The summed E-state index contributed by atoms with van der Waals surface area (Å²) in [5, 5.41) is 3.27. The largest absolute Gasteiger partial charge is 0.446 e. The number of hydrogen-bond donors (Lipinski definition) is 1. The van der Waals surface area contributed by atoms with Crippen molar-refractivity contribution >= 4 is 17.4 Å². The van der Waals surface area contributed by atoms with E-state index in [1.54, 1.807) is 12.1 Å². The second kappa shape index (κ2) is 6.43. The van der Waals surface area contributed by atoms with Crippen LogP contribution in [0.3, 0.4) is 0 Å². The molecule has 0 aliphatic heterocycles. The van der Waals surface area contributed by atoms with Gasteiger partial charge in [0.25, 0.3) is 0 Å². The second-order valence-electron chi connectivity index (χ2n) is 4.84. The minimum absolute atomic E-state index is 0.0929. The van der Waals surface area contributed by atoms with Crippen molar-refractivity contribution in [2.24, 2.45) is 0 Å². The van der Waals surface area contributed by atoms with Crippen molar-refractivity contribution in [3.05, 3.63) is 59.2 Å². The Labute approximate surface area is 126 Å². The summed E-state index contributed by atoms with van der Waals surface area (Å²) in [6.07, 6.45) is 0. The molecule has 112 valence electrons. The molecule has 0 amide bonds. The van der Waals surface area contributed by atoms with Crippen molar-refractivity contribution in [3.8, 4) is 0 Å². The molecule has 5 heteroatoms. The fourth-order valence-electron chi connectivity index (χ4n) is 1.86. The molecule has 1 nitrogen and oxygen atoms in total. The summed E-state index contributed by atoms with van der Waals surface area (Å²) < 4.78 is 36.7. The summed E-state index contributed by atoms with van der Waals surface area (Å²) in [5.41, 5.74) is 0.150. The number of thioether (sulfide) groups is 1. The molecule has 0 unspecified atom stereocenters. The topological polar surface area (TPSA) is 12.0 Å². The van der Waals surface area contributed by atoms with E-state index in [1.807, 2.05) is 19.1 Å². The highest BCUT2D eigenvalue weighted by Crippen LogP contribution is 2.36. The molecule has 1 N–H and O–H groups in total. The van der Waals surface area contributed by atoms with Gasteiger partial charge in [0.15, 0.2) is 0 Å². The highest BCUT2D eigenvalue weighted by Gasteiger charge is 2.28. The average Bonchev–Trinajstić information content (AvgIpc) is 2.40. The van der Waals surface area contributed by atoms with Crippen LogP contribution in [-0.4, -0.2) is 5.51 Å². The zero-order valence-corrected chi connectivity index (χ0v) is 12.6. The molecule has 0 heterocycles. The molecule has 0 saturated carbocycles. The van der Waals surface area contributed by atoms with Crippen LogP contribution >= 0.6 is 11.8 Å². The molecule has 0 radical (unpaired) electrons. The Morgan fingerprint density at radius 3 is 2.19 bits per heavy atom. The van der Waals surface area contributed by atoms with Crippen molar-refractivity contribution in [3.63, 3.8) is 0 Å². The SMILES string of the molecule is Cc1ccc(NCc2ccc(SC(F)(F)F)cc2)cc1C. The number of anilines is 1. The lowest BCUT2D eigenvalue weighted by atomic mass is 10.1. The fourth-order valence-corrected chi connectivity index (χ4v) is 2.40. The summed E-state index contributed by atoms with van der Waals surface area (Å²) in [4.78, 5) is 0.206. The van der Waals surface area contributed by atoms with Gasteiger partial charge in [-0.3, -0.25) is 0 Å². The average molecular weight is 311 g/mol. The van der Waals surface area contributed by atoms with Gasteiger partial charge < -0.3 is 5.32 Å². The number of hydrogen-bond acceptors (Lipinski definition) is 2. The Morgan fingerprint density at radius 1 is 0.952 bits per heavy atom. The van der Waals surface area contributed by atoms with E-state index in [1.165, 1.54) is 23.3 Å². The Bertz CT molecular complexity index is 606. The van der Waals surface area contributed by atoms with Crippen LogP contribution in [0.4, 0.5) is 18.9 Å². The van der Waals surface area contributed by atoms with Crippen molar-refractivity contribution < 1.29 is 13.2 Å². The van der Waals surface area contributed by atoms with E-state index in [2.05, 4.69) is 18.3 Å². The van der Waals surface area contributed by atoms with Gasteiger partial charge >= 0.3 is 5.51 Å². The van der Waals surface area contributed by atoms with E-state index in [0.29, 0.717) is 6.54 Å². The minimum atomic E-state index is -4.24. The Balaban J connectivity index is 1.96. The van der Waals surface area contributed by atoms with Crippen molar-refractivity contribution in [1.82, 2.24) is 0 Å². The van der Waals surface area contributed by atoms with Crippen molar-refractivity contribution in [2.45, 2.75) is 30.8 Å². The van der Waals surface area contributed by atoms with Crippen LogP contribution in [0.5, 0.6) is 0 Å². The Kier molecular flexibility index (Phi) is 4.83. The predicted octanol–water partition coefficient (Wildman–Crippen LogP) is 5.53. The van der Waals surface area contributed by atoms with Crippen LogP contribution in [0.25, 0.3) is 0 Å². The van der Waals surface area contributed by atoms with Crippen LogP contribution in [0, 0.1) is 13.8 Å². The molecule has 0 saturated heterocycles. The number of rotatable bonds is 4. The van der Waals surface area contributed by atoms with Crippen molar-refractivity contribution in [1.29, 1.82) is 0 Å². The van der Waals surface area contributed by atoms with Gasteiger partial charge in [-0.05, 0) is 66.6 Å². The third-order valence-electron chi connectivity index (χ3n) is 3.16. The van der Waals surface area contributed by atoms with Gasteiger partial charge in [0.05, 0.1) is 0 Å². The number of alkyl halides is 3. The maximum atomic E-state index is 12.2. The molecule has 0 fully saturated rings. The maximum Gasteiger partial charge on any atom is 0.446 e. The summed E-state index contributed by atoms with van der Waals surface area (Å²) in [6, 6.07) is 12.5. The first-order valence-corrected chi connectivity index (χ1v) is 7.31. The monoisotopic (exact) mass is 311 g/mol. The first-order valence-electron chi connectivity index (χ1n) is 6.49. The molecule has 2 rings (SSSR count). The number of nitrogens with one attached hydrogen (secondary N) is 1. The number of benzene rings is 2. The van der Waals surface area contributed by atoms with Crippen LogP contribution in [0.1, 0.15) is 16.7 Å². The standard InChI is InChI=1S/C16H16F3NS/c1-11-3-6-14(9-12(11)2)20-10-13-4-7-15(8-5-13)21-16(17,18)19/h3-9,20H,10H2,1-2H3. The van der Waals surface area contributed by atoms with Gasteiger partial charge in [0, 0.05) is 17.1 Å². The van der Waals surface area contributed by atoms with E-state index in [0.717, 1.165) is 11.3 Å². The zero-order chi connectivity index (χ0) is 15.5.